The number of piperazine rings is 1. The van der Waals surface area contributed by atoms with E-state index < -0.39 is 0 Å². The molecule has 2 N–H and O–H groups in total. The number of aryl methyl sites for hydroxylation is 1. The van der Waals surface area contributed by atoms with Gasteiger partial charge in [-0.15, -0.1) is 0 Å². The fourth-order valence-electron chi connectivity index (χ4n) is 2.76. The number of amides is 1. The van der Waals surface area contributed by atoms with Crippen molar-refractivity contribution < 1.29 is 9.21 Å². The molecule has 1 amide bonds. The number of fused-ring (bicyclic) bond motifs is 1. The maximum Gasteiger partial charge on any atom is 0.289 e. The zero-order chi connectivity index (χ0) is 14.8. The van der Waals surface area contributed by atoms with Gasteiger partial charge in [-0.2, -0.15) is 0 Å². The number of carbonyl (C=O) groups is 1. The van der Waals surface area contributed by atoms with E-state index in [9.17, 15) is 4.79 Å². The van der Waals surface area contributed by atoms with E-state index in [0.29, 0.717) is 12.3 Å². The molecule has 2 heterocycles. The third-order valence-corrected chi connectivity index (χ3v) is 3.99. The molecule has 1 aromatic carbocycles. The molecular formula is C16H21N3O2. The van der Waals surface area contributed by atoms with Crippen molar-refractivity contribution in [3.05, 3.63) is 35.6 Å². The lowest BCUT2D eigenvalue weighted by atomic mass is 10.2. The predicted molar refractivity (Wildman–Crippen MR) is 82.3 cm³/mol. The van der Waals surface area contributed by atoms with Gasteiger partial charge in [0.2, 0.25) is 0 Å². The monoisotopic (exact) mass is 287 g/mol. The zero-order valence-corrected chi connectivity index (χ0v) is 12.3. The minimum absolute atomic E-state index is 0.0174. The summed E-state index contributed by atoms with van der Waals surface area (Å²) in [6, 6.07) is 7.82. The van der Waals surface area contributed by atoms with Crippen molar-refractivity contribution in [2.75, 3.05) is 39.3 Å². The van der Waals surface area contributed by atoms with Crippen molar-refractivity contribution in [1.82, 2.24) is 9.80 Å². The highest BCUT2D eigenvalue weighted by Crippen LogP contribution is 2.22. The van der Waals surface area contributed by atoms with Crippen molar-refractivity contribution in [3.63, 3.8) is 0 Å². The van der Waals surface area contributed by atoms with Gasteiger partial charge < -0.3 is 15.1 Å². The van der Waals surface area contributed by atoms with E-state index in [2.05, 4.69) is 4.90 Å². The minimum atomic E-state index is -0.0174. The lowest BCUT2D eigenvalue weighted by molar-refractivity contribution is 0.0612. The number of rotatable bonds is 3. The van der Waals surface area contributed by atoms with Crippen molar-refractivity contribution in [3.8, 4) is 0 Å². The Kier molecular flexibility index (Phi) is 3.94. The zero-order valence-electron chi connectivity index (χ0n) is 12.3. The highest BCUT2D eigenvalue weighted by atomic mass is 16.3. The summed E-state index contributed by atoms with van der Waals surface area (Å²) in [7, 11) is 0. The molecule has 1 aromatic heterocycles. The largest absolute Gasteiger partial charge is 0.451 e. The molecule has 3 rings (SSSR count). The number of benzene rings is 1. The smallest absolute Gasteiger partial charge is 0.289 e. The summed E-state index contributed by atoms with van der Waals surface area (Å²) in [5.41, 5.74) is 7.47. The first-order valence-electron chi connectivity index (χ1n) is 7.39. The molecule has 0 atom stereocenters. The van der Waals surface area contributed by atoms with Crippen molar-refractivity contribution in [2.24, 2.45) is 5.73 Å². The van der Waals surface area contributed by atoms with Crippen LogP contribution in [0.25, 0.3) is 11.0 Å². The van der Waals surface area contributed by atoms with Crippen molar-refractivity contribution in [2.45, 2.75) is 6.92 Å². The summed E-state index contributed by atoms with van der Waals surface area (Å²) in [6.07, 6.45) is 0. The molecule has 1 saturated heterocycles. The molecule has 1 fully saturated rings. The maximum absolute atomic E-state index is 12.5. The Morgan fingerprint density at radius 2 is 2.00 bits per heavy atom. The van der Waals surface area contributed by atoms with Crippen molar-refractivity contribution >= 4 is 16.9 Å². The first kappa shape index (κ1) is 14.1. The molecule has 0 radical (unpaired) electrons. The molecular weight excluding hydrogens is 266 g/mol. The van der Waals surface area contributed by atoms with Gasteiger partial charge in [-0.25, -0.2) is 0 Å². The van der Waals surface area contributed by atoms with Crippen LogP contribution in [0.1, 0.15) is 16.1 Å². The number of nitrogens with zero attached hydrogens (tertiary/aromatic N) is 2. The SMILES string of the molecule is Cc1ccc2cc(C(=O)N3CCN(CCN)CC3)oc2c1. The lowest BCUT2D eigenvalue weighted by Gasteiger charge is -2.33. The summed E-state index contributed by atoms with van der Waals surface area (Å²) in [6.45, 7) is 6.79. The number of furan rings is 1. The van der Waals surface area contributed by atoms with Gasteiger partial charge in [0.15, 0.2) is 5.76 Å². The molecule has 0 spiro atoms. The van der Waals surface area contributed by atoms with Gasteiger partial charge in [-0.05, 0) is 24.6 Å². The van der Waals surface area contributed by atoms with Gasteiger partial charge in [-0.3, -0.25) is 9.69 Å². The van der Waals surface area contributed by atoms with Crippen LogP contribution in [0, 0.1) is 6.92 Å². The second-order valence-corrected chi connectivity index (χ2v) is 5.57. The lowest BCUT2D eigenvalue weighted by Crippen LogP contribution is -2.49. The third kappa shape index (κ3) is 2.94. The van der Waals surface area contributed by atoms with E-state index in [-0.39, 0.29) is 5.91 Å². The van der Waals surface area contributed by atoms with Crippen LogP contribution >= 0.6 is 0 Å². The first-order chi connectivity index (χ1) is 10.2. The fourth-order valence-corrected chi connectivity index (χ4v) is 2.76. The minimum Gasteiger partial charge on any atom is -0.451 e. The second kappa shape index (κ2) is 5.87. The van der Waals surface area contributed by atoms with E-state index in [4.69, 9.17) is 10.2 Å². The average molecular weight is 287 g/mol. The van der Waals surface area contributed by atoms with Gasteiger partial charge in [0.25, 0.3) is 5.91 Å². The Hall–Kier alpha value is -1.85. The molecule has 0 saturated carbocycles. The van der Waals surface area contributed by atoms with Crippen LogP contribution in [0.2, 0.25) is 0 Å². The standard InChI is InChI=1S/C16H21N3O2/c1-12-2-3-13-11-15(21-14(13)10-12)16(20)19-8-6-18(5-4-17)7-9-19/h2-3,10-11H,4-9,17H2,1H3. The number of hydrogen-bond donors (Lipinski definition) is 1. The Morgan fingerprint density at radius 1 is 1.24 bits per heavy atom. The summed E-state index contributed by atoms with van der Waals surface area (Å²) in [4.78, 5) is 16.7. The Bertz CT molecular complexity index is 642. The van der Waals surface area contributed by atoms with Gasteiger partial charge in [0.1, 0.15) is 5.58 Å². The third-order valence-electron chi connectivity index (χ3n) is 3.99. The van der Waals surface area contributed by atoms with E-state index in [1.54, 1.807) is 0 Å². The van der Waals surface area contributed by atoms with Crippen LogP contribution < -0.4 is 5.73 Å². The number of hydrogen-bond acceptors (Lipinski definition) is 4. The molecule has 0 bridgehead atoms. The van der Waals surface area contributed by atoms with Crippen LogP contribution in [0.15, 0.2) is 28.7 Å². The summed E-state index contributed by atoms with van der Waals surface area (Å²) >= 11 is 0. The van der Waals surface area contributed by atoms with Gasteiger partial charge in [-0.1, -0.05) is 12.1 Å². The summed E-state index contributed by atoms with van der Waals surface area (Å²) in [5.74, 6) is 0.416. The topological polar surface area (TPSA) is 62.7 Å². The molecule has 21 heavy (non-hydrogen) atoms. The van der Waals surface area contributed by atoms with Gasteiger partial charge in [0.05, 0.1) is 0 Å². The molecule has 2 aromatic rings. The van der Waals surface area contributed by atoms with Gasteiger partial charge >= 0.3 is 0 Å². The van der Waals surface area contributed by atoms with Crippen LogP contribution in [0.5, 0.6) is 0 Å². The van der Waals surface area contributed by atoms with E-state index >= 15 is 0 Å². The average Bonchev–Trinajstić information content (AvgIpc) is 2.90. The second-order valence-electron chi connectivity index (χ2n) is 5.57. The Morgan fingerprint density at radius 3 is 2.71 bits per heavy atom. The summed E-state index contributed by atoms with van der Waals surface area (Å²) < 4.78 is 5.71. The molecule has 5 heteroatoms. The quantitative estimate of drug-likeness (QED) is 0.928. The molecule has 5 nitrogen and oxygen atoms in total. The van der Waals surface area contributed by atoms with E-state index in [1.807, 2.05) is 36.1 Å². The molecule has 1 aliphatic rings. The fraction of sp³-hybridized carbons (Fsp3) is 0.438. The first-order valence-corrected chi connectivity index (χ1v) is 7.39. The highest BCUT2D eigenvalue weighted by molar-refractivity contribution is 5.96. The Labute approximate surface area is 124 Å². The molecule has 1 aliphatic heterocycles. The maximum atomic E-state index is 12.5. The van der Waals surface area contributed by atoms with E-state index in [1.165, 1.54) is 0 Å². The normalized spacial score (nSPS) is 16.6. The van der Waals surface area contributed by atoms with Crippen LogP contribution in [-0.4, -0.2) is 55.0 Å². The van der Waals surface area contributed by atoms with Crippen LogP contribution in [-0.2, 0) is 0 Å². The highest BCUT2D eigenvalue weighted by Gasteiger charge is 2.24. The van der Waals surface area contributed by atoms with Crippen LogP contribution in [0.4, 0.5) is 0 Å². The predicted octanol–water partition coefficient (Wildman–Crippen LogP) is 1.46. The molecule has 0 unspecified atom stereocenters. The van der Waals surface area contributed by atoms with E-state index in [0.717, 1.165) is 49.3 Å². The number of nitrogens with two attached hydrogens (primary N) is 1. The van der Waals surface area contributed by atoms with Crippen LogP contribution in [0.3, 0.4) is 0 Å². The number of carbonyl (C=O) groups excluding carboxylic acids is 1. The molecule has 0 aliphatic carbocycles. The summed E-state index contributed by atoms with van der Waals surface area (Å²) in [5, 5.41) is 0.978. The van der Waals surface area contributed by atoms with Crippen molar-refractivity contribution in [1.29, 1.82) is 0 Å². The molecule has 112 valence electrons. The Balaban J connectivity index is 1.72. The van der Waals surface area contributed by atoms with Gasteiger partial charge in [0, 0.05) is 44.7 Å².